The highest BCUT2D eigenvalue weighted by molar-refractivity contribution is 7.99. The number of rotatable bonds is 4. The Morgan fingerprint density at radius 1 is 1.56 bits per heavy atom. The van der Waals surface area contributed by atoms with Crippen LogP contribution >= 0.6 is 23.4 Å². The quantitative estimate of drug-likeness (QED) is 0.874. The van der Waals surface area contributed by atoms with Crippen molar-refractivity contribution in [2.75, 3.05) is 0 Å². The maximum absolute atomic E-state index is 11.4. The van der Waals surface area contributed by atoms with Crippen molar-refractivity contribution in [1.82, 2.24) is 14.8 Å². The lowest BCUT2D eigenvalue weighted by Crippen LogP contribution is -2.16. The lowest BCUT2D eigenvalue weighted by Gasteiger charge is -2.04. The Labute approximate surface area is 112 Å². The van der Waals surface area contributed by atoms with Crippen molar-refractivity contribution in [2.24, 2.45) is 0 Å². The third kappa shape index (κ3) is 2.49. The predicted molar refractivity (Wildman–Crippen MR) is 69.5 cm³/mol. The van der Waals surface area contributed by atoms with E-state index in [4.69, 9.17) is 11.6 Å². The van der Waals surface area contributed by atoms with Crippen LogP contribution < -0.4 is 5.69 Å². The highest BCUT2D eigenvalue weighted by Gasteiger charge is 2.11. The maximum Gasteiger partial charge on any atom is 0.343 e. The molecule has 2 rings (SSSR count). The van der Waals surface area contributed by atoms with Gasteiger partial charge in [0.25, 0.3) is 0 Å². The van der Waals surface area contributed by atoms with Crippen molar-refractivity contribution >= 4 is 29.6 Å². The summed E-state index contributed by atoms with van der Waals surface area (Å²) in [6, 6.07) is 5.01. The minimum absolute atomic E-state index is 0.262. The smallest absolute Gasteiger partial charge is 0.298 e. The molecule has 1 N–H and O–H groups in total. The third-order valence-electron chi connectivity index (χ3n) is 2.34. The van der Waals surface area contributed by atoms with Gasteiger partial charge in [0.05, 0.1) is 0 Å². The van der Waals surface area contributed by atoms with Gasteiger partial charge >= 0.3 is 5.69 Å². The fourth-order valence-corrected chi connectivity index (χ4v) is 2.61. The molecule has 0 amide bonds. The topological polar surface area (TPSA) is 67.8 Å². The van der Waals surface area contributed by atoms with E-state index in [1.165, 1.54) is 16.3 Å². The molecule has 0 aliphatic heterocycles. The second-order valence-electron chi connectivity index (χ2n) is 3.46. The Balaban J connectivity index is 2.39. The van der Waals surface area contributed by atoms with E-state index < -0.39 is 0 Å². The van der Waals surface area contributed by atoms with Crippen molar-refractivity contribution < 1.29 is 4.79 Å². The fraction of sp³-hybridized carbons (Fsp3) is 0.182. The Kier molecular flexibility index (Phi) is 3.88. The molecule has 0 aliphatic rings. The Morgan fingerprint density at radius 3 is 3.00 bits per heavy atom. The van der Waals surface area contributed by atoms with Crippen LogP contribution in [0.5, 0.6) is 0 Å². The van der Waals surface area contributed by atoms with Gasteiger partial charge in [-0.25, -0.2) is 9.89 Å². The minimum atomic E-state index is -0.262. The molecule has 0 spiro atoms. The highest BCUT2D eigenvalue weighted by atomic mass is 35.5. The minimum Gasteiger partial charge on any atom is -0.298 e. The van der Waals surface area contributed by atoms with E-state index in [0.29, 0.717) is 27.2 Å². The van der Waals surface area contributed by atoms with E-state index in [1.807, 2.05) is 6.92 Å². The number of nitrogens with one attached hydrogen (secondary N) is 1. The summed E-state index contributed by atoms with van der Waals surface area (Å²) in [6.45, 7) is 2.37. The average molecular weight is 284 g/mol. The lowest BCUT2D eigenvalue weighted by molar-refractivity contribution is 0.112. The summed E-state index contributed by atoms with van der Waals surface area (Å²) in [5.74, 6) is 0. The van der Waals surface area contributed by atoms with Gasteiger partial charge in [-0.3, -0.25) is 9.36 Å². The number of aromatic amines is 1. The van der Waals surface area contributed by atoms with Crippen LogP contribution in [0.4, 0.5) is 0 Å². The third-order valence-corrected chi connectivity index (χ3v) is 3.66. The van der Waals surface area contributed by atoms with E-state index in [1.54, 1.807) is 18.2 Å². The molecule has 7 heteroatoms. The molecule has 0 radical (unpaired) electrons. The van der Waals surface area contributed by atoms with Crippen LogP contribution in [0.1, 0.15) is 17.3 Å². The molecule has 0 atom stereocenters. The van der Waals surface area contributed by atoms with E-state index >= 15 is 0 Å². The average Bonchev–Trinajstić information content (AvgIpc) is 2.72. The van der Waals surface area contributed by atoms with Crippen LogP contribution in [-0.2, 0) is 6.54 Å². The number of hydrogen-bond donors (Lipinski definition) is 1. The molecule has 0 saturated heterocycles. The van der Waals surface area contributed by atoms with Gasteiger partial charge in [0.2, 0.25) is 0 Å². The molecule has 18 heavy (non-hydrogen) atoms. The first-order chi connectivity index (χ1) is 8.65. The molecule has 5 nitrogen and oxygen atoms in total. The molecule has 0 saturated carbocycles. The van der Waals surface area contributed by atoms with Gasteiger partial charge in [0.1, 0.15) is 0 Å². The van der Waals surface area contributed by atoms with E-state index in [9.17, 15) is 9.59 Å². The molecule has 94 valence electrons. The number of hydrogen-bond acceptors (Lipinski definition) is 4. The first-order valence-electron chi connectivity index (χ1n) is 5.23. The van der Waals surface area contributed by atoms with Gasteiger partial charge in [0.15, 0.2) is 11.4 Å². The van der Waals surface area contributed by atoms with Gasteiger partial charge in [-0.1, -0.05) is 11.6 Å². The molecular formula is C11H10ClN3O2S. The number of H-pyrrole nitrogens is 1. The molecule has 2 aromatic rings. The first-order valence-corrected chi connectivity index (χ1v) is 6.43. The number of carbonyl (C=O) groups excluding carboxylic acids is 1. The summed E-state index contributed by atoms with van der Waals surface area (Å²) in [5.41, 5.74) is 0.215. The zero-order chi connectivity index (χ0) is 13.1. The van der Waals surface area contributed by atoms with Crippen LogP contribution in [0, 0.1) is 0 Å². The van der Waals surface area contributed by atoms with Gasteiger partial charge in [-0.2, -0.15) is 0 Å². The lowest BCUT2D eigenvalue weighted by atomic mass is 10.2. The van der Waals surface area contributed by atoms with Crippen LogP contribution in [0.3, 0.4) is 0 Å². The van der Waals surface area contributed by atoms with E-state index in [0.717, 1.165) is 6.29 Å². The second-order valence-corrected chi connectivity index (χ2v) is 4.90. The van der Waals surface area contributed by atoms with Crippen molar-refractivity contribution in [3.05, 3.63) is 39.3 Å². The van der Waals surface area contributed by atoms with Crippen molar-refractivity contribution in [2.45, 2.75) is 23.5 Å². The summed E-state index contributed by atoms with van der Waals surface area (Å²) in [6.07, 6.45) is 0.731. The zero-order valence-corrected chi connectivity index (χ0v) is 11.1. The van der Waals surface area contributed by atoms with Crippen LogP contribution in [0.2, 0.25) is 5.02 Å². The van der Waals surface area contributed by atoms with Crippen molar-refractivity contribution in [3.63, 3.8) is 0 Å². The Hall–Kier alpha value is -1.53. The molecule has 0 bridgehead atoms. The molecule has 0 unspecified atom stereocenters. The van der Waals surface area contributed by atoms with Gasteiger partial charge in [-0.15, -0.1) is 5.10 Å². The predicted octanol–water partition coefficient (Wildman–Crippen LogP) is 2.21. The summed E-state index contributed by atoms with van der Waals surface area (Å²) < 4.78 is 1.49. The molecule has 1 heterocycles. The molecular weight excluding hydrogens is 274 g/mol. The van der Waals surface area contributed by atoms with Crippen LogP contribution in [0.25, 0.3) is 0 Å². The first kappa shape index (κ1) is 12.9. The number of nitrogens with zero attached hydrogens (tertiary/aromatic N) is 2. The number of benzene rings is 1. The monoisotopic (exact) mass is 283 g/mol. The largest absolute Gasteiger partial charge is 0.343 e. The molecule has 0 aliphatic carbocycles. The summed E-state index contributed by atoms with van der Waals surface area (Å²) in [7, 11) is 0. The molecule has 1 aromatic carbocycles. The second kappa shape index (κ2) is 5.41. The summed E-state index contributed by atoms with van der Waals surface area (Å²) >= 11 is 7.07. The molecule has 0 fully saturated rings. The normalized spacial score (nSPS) is 10.6. The summed E-state index contributed by atoms with van der Waals surface area (Å²) in [5, 5.41) is 7.32. The maximum atomic E-state index is 11.4. The van der Waals surface area contributed by atoms with Gasteiger partial charge in [0, 0.05) is 22.0 Å². The molecule has 1 aromatic heterocycles. The SMILES string of the molecule is CCn1c(Sc2ccc(Cl)cc2C=O)n[nH]c1=O. The van der Waals surface area contributed by atoms with Crippen LogP contribution in [-0.4, -0.2) is 21.1 Å². The van der Waals surface area contributed by atoms with Crippen molar-refractivity contribution in [1.29, 1.82) is 0 Å². The van der Waals surface area contributed by atoms with E-state index in [-0.39, 0.29) is 5.69 Å². The standard InChI is InChI=1S/C11H10ClN3O2S/c1-2-15-10(17)13-14-11(15)18-9-4-3-8(12)5-7(9)6-16/h3-6H,2H2,1H3,(H,13,17). The van der Waals surface area contributed by atoms with E-state index in [2.05, 4.69) is 10.2 Å². The Bertz CT molecular complexity index is 635. The van der Waals surface area contributed by atoms with Gasteiger partial charge in [-0.05, 0) is 36.9 Å². The van der Waals surface area contributed by atoms with Crippen LogP contribution in [0.15, 0.2) is 33.0 Å². The Morgan fingerprint density at radius 2 is 2.33 bits per heavy atom. The number of halogens is 1. The van der Waals surface area contributed by atoms with Gasteiger partial charge < -0.3 is 0 Å². The highest BCUT2D eigenvalue weighted by Crippen LogP contribution is 2.29. The summed E-state index contributed by atoms with van der Waals surface area (Å²) in [4.78, 5) is 23.1. The number of aldehydes is 1. The number of carbonyl (C=O) groups is 1. The zero-order valence-electron chi connectivity index (χ0n) is 9.51. The fourth-order valence-electron chi connectivity index (χ4n) is 1.46. The number of aromatic nitrogens is 3. The van der Waals surface area contributed by atoms with Crippen molar-refractivity contribution in [3.8, 4) is 0 Å².